The fourth-order valence-corrected chi connectivity index (χ4v) is 2.09. The zero-order chi connectivity index (χ0) is 13.1. The zero-order valence-electron chi connectivity index (χ0n) is 10.4. The van der Waals surface area contributed by atoms with Gasteiger partial charge in [0.15, 0.2) is 5.82 Å². The SMILES string of the molecule is CCNc1nnc(-c2cc(N)cc(Cl)c2)n1CC. The van der Waals surface area contributed by atoms with Crippen molar-refractivity contribution in [2.75, 3.05) is 17.6 Å². The lowest BCUT2D eigenvalue weighted by atomic mass is 10.2. The second-order valence-corrected chi connectivity index (χ2v) is 4.33. The summed E-state index contributed by atoms with van der Waals surface area (Å²) in [5.41, 5.74) is 7.29. The minimum Gasteiger partial charge on any atom is -0.399 e. The number of nitrogens with two attached hydrogens (primary N) is 1. The summed E-state index contributed by atoms with van der Waals surface area (Å²) >= 11 is 6.01. The first-order chi connectivity index (χ1) is 8.65. The molecule has 0 amide bonds. The maximum Gasteiger partial charge on any atom is 0.224 e. The van der Waals surface area contributed by atoms with E-state index in [1.807, 2.05) is 30.5 Å². The van der Waals surface area contributed by atoms with Crippen molar-refractivity contribution in [3.8, 4) is 11.4 Å². The van der Waals surface area contributed by atoms with E-state index in [1.165, 1.54) is 0 Å². The lowest BCUT2D eigenvalue weighted by molar-refractivity contribution is 0.770. The molecule has 0 radical (unpaired) electrons. The molecule has 2 aromatic rings. The van der Waals surface area contributed by atoms with Crippen molar-refractivity contribution in [2.45, 2.75) is 20.4 Å². The molecule has 0 spiro atoms. The summed E-state index contributed by atoms with van der Waals surface area (Å²) in [7, 11) is 0. The monoisotopic (exact) mass is 265 g/mol. The standard InChI is InChI=1S/C12H16ClN5/c1-3-15-12-17-16-11(18(12)4-2)8-5-9(13)7-10(14)6-8/h5-7H,3-4,14H2,1-2H3,(H,15,17). The predicted molar refractivity (Wildman–Crippen MR) is 74.7 cm³/mol. The average Bonchev–Trinajstić information content (AvgIpc) is 2.71. The largest absolute Gasteiger partial charge is 0.399 e. The number of nitrogens with zero attached hydrogens (tertiary/aromatic N) is 3. The molecule has 0 fully saturated rings. The predicted octanol–water partition coefficient (Wildman–Crippen LogP) is 2.63. The van der Waals surface area contributed by atoms with Gasteiger partial charge < -0.3 is 11.1 Å². The van der Waals surface area contributed by atoms with Gasteiger partial charge in [0, 0.05) is 29.4 Å². The van der Waals surface area contributed by atoms with Crippen LogP contribution in [0.2, 0.25) is 5.02 Å². The fourth-order valence-electron chi connectivity index (χ4n) is 1.85. The van der Waals surface area contributed by atoms with E-state index in [1.54, 1.807) is 6.07 Å². The van der Waals surface area contributed by atoms with Crippen LogP contribution in [0.4, 0.5) is 11.6 Å². The van der Waals surface area contributed by atoms with Crippen LogP contribution in [0.3, 0.4) is 0 Å². The Labute approximate surface area is 111 Å². The van der Waals surface area contributed by atoms with E-state index < -0.39 is 0 Å². The van der Waals surface area contributed by atoms with Crippen molar-refractivity contribution in [3.63, 3.8) is 0 Å². The number of aromatic nitrogens is 3. The fraction of sp³-hybridized carbons (Fsp3) is 0.333. The van der Waals surface area contributed by atoms with Gasteiger partial charge in [-0.2, -0.15) is 0 Å². The number of rotatable bonds is 4. The molecular formula is C12H16ClN5. The van der Waals surface area contributed by atoms with E-state index in [9.17, 15) is 0 Å². The van der Waals surface area contributed by atoms with Gasteiger partial charge in [-0.25, -0.2) is 0 Å². The van der Waals surface area contributed by atoms with Crippen LogP contribution in [-0.4, -0.2) is 21.3 Å². The van der Waals surface area contributed by atoms with Crippen LogP contribution < -0.4 is 11.1 Å². The molecule has 0 saturated heterocycles. The van der Waals surface area contributed by atoms with Crippen molar-refractivity contribution in [1.29, 1.82) is 0 Å². The minimum atomic E-state index is 0.598. The van der Waals surface area contributed by atoms with Crippen molar-refractivity contribution < 1.29 is 0 Å². The molecule has 96 valence electrons. The van der Waals surface area contributed by atoms with Gasteiger partial charge in [0.25, 0.3) is 0 Å². The van der Waals surface area contributed by atoms with Crippen molar-refractivity contribution >= 4 is 23.2 Å². The number of nitrogens with one attached hydrogen (secondary N) is 1. The van der Waals surface area contributed by atoms with Crippen LogP contribution >= 0.6 is 11.6 Å². The molecule has 0 aliphatic heterocycles. The number of anilines is 2. The minimum absolute atomic E-state index is 0.598. The third-order valence-electron chi connectivity index (χ3n) is 2.58. The maximum absolute atomic E-state index is 6.01. The summed E-state index contributed by atoms with van der Waals surface area (Å²) in [6.45, 7) is 5.64. The highest BCUT2D eigenvalue weighted by Gasteiger charge is 2.12. The molecule has 1 aromatic carbocycles. The highest BCUT2D eigenvalue weighted by molar-refractivity contribution is 6.31. The molecule has 0 aliphatic rings. The van der Waals surface area contributed by atoms with Gasteiger partial charge in [-0.1, -0.05) is 11.6 Å². The molecule has 6 heteroatoms. The van der Waals surface area contributed by atoms with E-state index >= 15 is 0 Å². The Morgan fingerprint density at radius 3 is 2.67 bits per heavy atom. The van der Waals surface area contributed by atoms with E-state index in [0.29, 0.717) is 10.7 Å². The summed E-state index contributed by atoms with van der Waals surface area (Å²) in [5, 5.41) is 12.1. The van der Waals surface area contributed by atoms with Gasteiger partial charge in [-0.05, 0) is 32.0 Å². The van der Waals surface area contributed by atoms with Gasteiger partial charge in [-0.3, -0.25) is 4.57 Å². The van der Waals surface area contributed by atoms with Gasteiger partial charge in [-0.15, -0.1) is 10.2 Å². The Hall–Kier alpha value is -1.75. The molecule has 0 bridgehead atoms. The van der Waals surface area contributed by atoms with Crippen LogP contribution in [0.5, 0.6) is 0 Å². The third-order valence-corrected chi connectivity index (χ3v) is 2.80. The highest BCUT2D eigenvalue weighted by atomic mass is 35.5. The van der Waals surface area contributed by atoms with E-state index in [2.05, 4.69) is 15.5 Å². The molecule has 1 heterocycles. The Morgan fingerprint density at radius 2 is 2.06 bits per heavy atom. The number of hydrogen-bond donors (Lipinski definition) is 2. The molecule has 0 unspecified atom stereocenters. The number of benzene rings is 1. The van der Waals surface area contributed by atoms with Gasteiger partial charge >= 0.3 is 0 Å². The van der Waals surface area contributed by atoms with E-state index in [0.717, 1.165) is 30.4 Å². The van der Waals surface area contributed by atoms with Gasteiger partial charge in [0.1, 0.15) is 0 Å². The molecule has 2 rings (SSSR count). The third kappa shape index (κ3) is 2.41. The van der Waals surface area contributed by atoms with Crippen LogP contribution in [0, 0.1) is 0 Å². The number of nitrogen functional groups attached to an aromatic ring is 1. The molecular weight excluding hydrogens is 250 g/mol. The van der Waals surface area contributed by atoms with E-state index in [-0.39, 0.29) is 0 Å². The zero-order valence-corrected chi connectivity index (χ0v) is 11.2. The lowest BCUT2D eigenvalue weighted by Gasteiger charge is -2.08. The molecule has 1 aromatic heterocycles. The van der Waals surface area contributed by atoms with Gasteiger partial charge in [0.05, 0.1) is 0 Å². The topological polar surface area (TPSA) is 68.8 Å². The van der Waals surface area contributed by atoms with Crippen LogP contribution in [-0.2, 0) is 6.54 Å². The normalized spacial score (nSPS) is 10.6. The van der Waals surface area contributed by atoms with Crippen molar-refractivity contribution in [1.82, 2.24) is 14.8 Å². The van der Waals surface area contributed by atoms with Crippen molar-refractivity contribution in [2.24, 2.45) is 0 Å². The molecule has 5 nitrogen and oxygen atoms in total. The highest BCUT2D eigenvalue weighted by Crippen LogP contribution is 2.26. The summed E-state index contributed by atoms with van der Waals surface area (Å²) in [6, 6.07) is 5.39. The second kappa shape index (κ2) is 5.27. The Kier molecular flexibility index (Phi) is 3.72. The first-order valence-corrected chi connectivity index (χ1v) is 6.27. The van der Waals surface area contributed by atoms with Crippen molar-refractivity contribution in [3.05, 3.63) is 23.2 Å². The molecule has 0 aliphatic carbocycles. The van der Waals surface area contributed by atoms with E-state index in [4.69, 9.17) is 17.3 Å². The Morgan fingerprint density at radius 1 is 1.28 bits per heavy atom. The average molecular weight is 266 g/mol. The smallest absolute Gasteiger partial charge is 0.224 e. The summed E-state index contributed by atoms with van der Waals surface area (Å²) in [4.78, 5) is 0. The van der Waals surface area contributed by atoms with Crippen LogP contribution in [0.25, 0.3) is 11.4 Å². The second-order valence-electron chi connectivity index (χ2n) is 3.90. The summed E-state index contributed by atoms with van der Waals surface area (Å²) in [5.74, 6) is 1.52. The van der Waals surface area contributed by atoms with Crippen LogP contribution in [0.15, 0.2) is 18.2 Å². The molecule has 18 heavy (non-hydrogen) atoms. The number of hydrogen-bond acceptors (Lipinski definition) is 4. The molecule has 0 atom stereocenters. The Balaban J connectivity index is 2.49. The quantitative estimate of drug-likeness (QED) is 0.834. The summed E-state index contributed by atoms with van der Waals surface area (Å²) in [6.07, 6.45) is 0. The maximum atomic E-state index is 6.01. The summed E-state index contributed by atoms with van der Waals surface area (Å²) < 4.78 is 1.99. The molecule has 0 saturated carbocycles. The first-order valence-electron chi connectivity index (χ1n) is 5.89. The Bertz CT molecular complexity index is 529. The number of halogens is 1. The van der Waals surface area contributed by atoms with Crippen LogP contribution in [0.1, 0.15) is 13.8 Å². The molecule has 3 N–H and O–H groups in total. The first kappa shape index (κ1) is 12.7. The lowest BCUT2D eigenvalue weighted by Crippen LogP contribution is -2.07. The van der Waals surface area contributed by atoms with Gasteiger partial charge in [0.2, 0.25) is 5.95 Å².